The molecule has 0 unspecified atom stereocenters. The normalized spacial score (nSPS) is 15.1. The highest BCUT2D eigenvalue weighted by atomic mass is 15.2. The number of piperazine rings is 1. The Bertz CT molecular complexity index is 1280. The SMILES string of the molecule is Cc1cccc(-c2[nH]c(C(C)C)nc2-c2cccc(-c3ccc(CN4CCN(C)CC4)cc3)c2)n1. The number of rotatable bonds is 6. The molecular weight excluding hydrogens is 430 g/mol. The van der Waals surface area contributed by atoms with Crippen LogP contribution in [0.1, 0.15) is 36.8 Å². The third kappa shape index (κ3) is 5.37. The lowest BCUT2D eigenvalue weighted by Gasteiger charge is -2.32. The average Bonchev–Trinajstić information content (AvgIpc) is 3.32. The molecule has 3 heterocycles. The van der Waals surface area contributed by atoms with Gasteiger partial charge in [-0.05, 0) is 48.9 Å². The molecule has 180 valence electrons. The predicted molar refractivity (Wildman–Crippen MR) is 144 cm³/mol. The van der Waals surface area contributed by atoms with Crippen LogP contribution in [0.2, 0.25) is 0 Å². The van der Waals surface area contributed by atoms with Crippen molar-refractivity contribution in [2.45, 2.75) is 33.2 Å². The number of pyridine rings is 1. The van der Waals surface area contributed by atoms with E-state index in [0.29, 0.717) is 5.92 Å². The Labute approximate surface area is 208 Å². The molecule has 1 fully saturated rings. The summed E-state index contributed by atoms with van der Waals surface area (Å²) in [4.78, 5) is 18.3. The summed E-state index contributed by atoms with van der Waals surface area (Å²) >= 11 is 0. The lowest BCUT2D eigenvalue weighted by atomic mass is 9.99. The number of H-pyrrole nitrogens is 1. The smallest absolute Gasteiger partial charge is 0.109 e. The molecule has 2 aromatic heterocycles. The molecule has 0 spiro atoms. The summed E-state index contributed by atoms with van der Waals surface area (Å²) < 4.78 is 0. The second-order valence-electron chi connectivity index (χ2n) is 10.0. The fourth-order valence-corrected chi connectivity index (χ4v) is 4.65. The van der Waals surface area contributed by atoms with Gasteiger partial charge in [-0.3, -0.25) is 9.88 Å². The van der Waals surface area contributed by atoms with Crippen LogP contribution in [0.4, 0.5) is 0 Å². The molecule has 0 atom stereocenters. The van der Waals surface area contributed by atoms with Gasteiger partial charge in [0.2, 0.25) is 0 Å². The largest absolute Gasteiger partial charge is 0.340 e. The molecule has 5 rings (SSSR count). The molecule has 1 aliphatic heterocycles. The van der Waals surface area contributed by atoms with Crippen LogP contribution in [0.15, 0.2) is 66.7 Å². The fourth-order valence-electron chi connectivity index (χ4n) is 4.65. The first-order chi connectivity index (χ1) is 17.0. The second-order valence-corrected chi connectivity index (χ2v) is 10.0. The third-order valence-electron chi connectivity index (χ3n) is 6.84. The van der Waals surface area contributed by atoms with Crippen molar-refractivity contribution in [2.24, 2.45) is 0 Å². The zero-order valence-electron chi connectivity index (χ0n) is 21.3. The van der Waals surface area contributed by atoms with E-state index in [9.17, 15) is 0 Å². The van der Waals surface area contributed by atoms with Crippen molar-refractivity contribution in [3.8, 4) is 33.8 Å². The topological polar surface area (TPSA) is 48.1 Å². The molecule has 4 aromatic rings. The van der Waals surface area contributed by atoms with Gasteiger partial charge in [-0.25, -0.2) is 4.98 Å². The van der Waals surface area contributed by atoms with Crippen LogP contribution in [-0.4, -0.2) is 58.0 Å². The fraction of sp³-hybridized carbons (Fsp3) is 0.333. The number of likely N-dealkylation sites (N-methyl/N-ethyl adjacent to an activating group) is 1. The number of nitrogens with zero attached hydrogens (tertiary/aromatic N) is 4. The van der Waals surface area contributed by atoms with E-state index in [1.54, 1.807) is 0 Å². The molecule has 35 heavy (non-hydrogen) atoms. The summed E-state index contributed by atoms with van der Waals surface area (Å²) in [5, 5.41) is 0. The molecule has 5 nitrogen and oxygen atoms in total. The Hall–Kier alpha value is -3.28. The summed E-state index contributed by atoms with van der Waals surface area (Å²) in [5.74, 6) is 1.29. The minimum atomic E-state index is 0.309. The first-order valence-electron chi connectivity index (χ1n) is 12.6. The summed E-state index contributed by atoms with van der Waals surface area (Å²) in [6.07, 6.45) is 0. The zero-order chi connectivity index (χ0) is 24.4. The van der Waals surface area contributed by atoms with E-state index >= 15 is 0 Å². The van der Waals surface area contributed by atoms with Gasteiger partial charge >= 0.3 is 0 Å². The first-order valence-corrected chi connectivity index (χ1v) is 12.6. The van der Waals surface area contributed by atoms with E-state index < -0.39 is 0 Å². The van der Waals surface area contributed by atoms with Gasteiger partial charge in [-0.2, -0.15) is 0 Å². The van der Waals surface area contributed by atoms with Gasteiger partial charge in [-0.15, -0.1) is 0 Å². The van der Waals surface area contributed by atoms with Crippen LogP contribution >= 0.6 is 0 Å². The molecule has 2 aromatic carbocycles. The highest BCUT2D eigenvalue weighted by molar-refractivity contribution is 5.80. The van der Waals surface area contributed by atoms with Crippen LogP contribution < -0.4 is 0 Å². The number of benzene rings is 2. The van der Waals surface area contributed by atoms with E-state index in [-0.39, 0.29) is 0 Å². The van der Waals surface area contributed by atoms with Gasteiger partial charge in [0.1, 0.15) is 5.82 Å². The highest BCUT2D eigenvalue weighted by Gasteiger charge is 2.18. The van der Waals surface area contributed by atoms with Gasteiger partial charge < -0.3 is 9.88 Å². The quantitative estimate of drug-likeness (QED) is 0.380. The van der Waals surface area contributed by atoms with Crippen LogP contribution in [0.3, 0.4) is 0 Å². The van der Waals surface area contributed by atoms with Gasteiger partial charge in [0.05, 0.1) is 17.1 Å². The summed E-state index contributed by atoms with van der Waals surface area (Å²) in [7, 11) is 2.20. The maximum absolute atomic E-state index is 5.00. The van der Waals surface area contributed by atoms with E-state index in [1.807, 2.05) is 13.0 Å². The molecule has 0 radical (unpaired) electrons. The predicted octanol–water partition coefficient (Wildman–Crippen LogP) is 5.98. The van der Waals surface area contributed by atoms with Crippen molar-refractivity contribution in [3.63, 3.8) is 0 Å². The minimum absolute atomic E-state index is 0.309. The van der Waals surface area contributed by atoms with E-state index in [4.69, 9.17) is 9.97 Å². The number of aryl methyl sites for hydroxylation is 1. The Morgan fingerprint density at radius 2 is 1.54 bits per heavy atom. The lowest BCUT2D eigenvalue weighted by Crippen LogP contribution is -2.43. The molecule has 0 amide bonds. The monoisotopic (exact) mass is 465 g/mol. The molecule has 0 bridgehead atoms. The summed E-state index contributed by atoms with van der Waals surface area (Å²) in [5.41, 5.74) is 8.77. The average molecular weight is 466 g/mol. The van der Waals surface area contributed by atoms with Crippen molar-refractivity contribution in [2.75, 3.05) is 33.2 Å². The second kappa shape index (κ2) is 10.1. The Morgan fingerprint density at radius 3 is 2.26 bits per heavy atom. The van der Waals surface area contributed by atoms with E-state index in [0.717, 1.165) is 66.9 Å². The van der Waals surface area contributed by atoms with Crippen molar-refractivity contribution in [3.05, 3.63) is 83.8 Å². The van der Waals surface area contributed by atoms with Crippen LogP contribution in [0, 0.1) is 6.92 Å². The van der Waals surface area contributed by atoms with E-state index in [2.05, 4.69) is 96.3 Å². The zero-order valence-corrected chi connectivity index (χ0v) is 21.3. The number of imidazole rings is 1. The molecule has 1 N–H and O–H groups in total. The van der Waals surface area contributed by atoms with Gasteiger partial charge in [-0.1, -0.05) is 62.4 Å². The van der Waals surface area contributed by atoms with Crippen LogP contribution in [0.5, 0.6) is 0 Å². The Morgan fingerprint density at radius 1 is 0.829 bits per heavy atom. The van der Waals surface area contributed by atoms with E-state index in [1.165, 1.54) is 16.7 Å². The molecule has 1 saturated heterocycles. The van der Waals surface area contributed by atoms with Crippen molar-refractivity contribution in [1.82, 2.24) is 24.8 Å². The first kappa shape index (κ1) is 23.5. The Kier molecular flexibility index (Phi) is 6.80. The van der Waals surface area contributed by atoms with Crippen LogP contribution in [0.25, 0.3) is 33.8 Å². The molecule has 0 saturated carbocycles. The molecule has 5 heteroatoms. The van der Waals surface area contributed by atoms with Crippen molar-refractivity contribution >= 4 is 0 Å². The standard InChI is InChI=1S/C30H35N5/c1-21(2)30-32-28(29(33-30)27-10-5-7-22(3)31-27)26-9-6-8-25(19-26)24-13-11-23(12-14-24)20-35-17-15-34(4)16-18-35/h5-14,19,21H,15-18,20H2,1-4H3,(H,32,33). The molecule has 0 aliphatic carbocycles. The minimum Gasteiger partial charge on any atom is -0.340 e. The lowest BCUT2D eigenvalue weighted by molar-refractivity contribution is 0.148. The number of aromatic amines is 1. The van der Waals surface area contributed by atoms with Crippen molar-refractivity contribution in [1.29, 1.82) is 0 Å². The Balaban J connectivity index is 1.42. The molecular formula is C30H35N5. The van der Waals surface area contributed by atoms with Gasteiger partial charge in [0.15, 0.2) is 0 Å². The van der Waals surface area contributed by atoms with Gasteiger partial charge in [0.25, 0.3) is 0 Å². The number of aromatic nitrogens is 3. The summed E-state index contributed by atoms with van der Waals surface area (Å²) in [6, 6.07) is 23.9. The van der Waals surface area contributed by atoms with Crippen molar-refractivity contribution < 1.29 is 0 Å². The highest BCUT2D eigenvalue weighted by Crippen LogP contribution is 2.33. The number of nitrogens with one attached hydrogen (secondary N) is 1. The van der Waals surface area contributed by atoms with Crippen LogP contribution in [-0.2, 0) is 6.54 Å². The maximum atomic E-state index is 5.00. The van der Waals surface area contributed by atoms with Gasteiger partial charge in [0, 0.05) is 49.9 Å². The molecule has 1 aliphatic rings. The summed E-state index contributed by atoms with van der Waals surface area (Å²) in [6.45, 7) is 11.9. The maximum Gasteiger partial charge on any atom is 0.109 e. The third-order valence-corrected chi connectivity index (χ3v) is 6.84. The number of hydrogen-bond donors (Lipinski definition) is 1. The number of hydrogen-bond acceptors (Lipinski definition) is 4.